The van der Waals surface area contributed by atoms with E-state index in [1.54, 1.807) is 23.2 Å². The molecule has 1 aromatic rings. The third kappa shape index (κ3) is 2.77. The number of amides is 2. The summed E-state index contributed by atoms with van der Waals surface area (Å²) in [6.45, 7) is 0.729. The molecule has 18 heavy (non-hydrogen) atoms. The van der Waals surface area contributed by atoms with Crippen molar-refractivity contribution in [3.63, 3.8) is 0 Å². The molecule has 0 bridgehead atoms. The maximum absolute atomic E-state index is 11.8. The Balaban J connectivity index is 1.96. The van der Waals surface area contributed by atoms with Gasteiger partial charge in [0.25, 0.3) is 0 Å². The van der Waals surface area contributed by atoms with Gasteiger partial charge in [-0.05, 0) is 18.6 Å². The SMILES string of the molecule is COc1ncccc1NC(=O)CN1CCCC1=O. The molecule has 1 aliphatic heterocycles. The van der Waals surface area contributed by atoms with Crippen LogP contribution < -0.4 is 10.1 Å². The Hall–Kier alpha value is -2.11. The number of hydrogen-bond donors (Lipinski definition) is 1. The molecule has 0 aromatic carbocycles. The van der Waals surface area contributed by atoms with E-state index in [-0.39, 0.29) is 18.4 Å². The van der Waals surface area contributed by atoms with Crippen molar-refractivity contribution in [1.82, 2.24) is 9.88 Å². The number of pyridine rings is 1. The van der Waals surface area contributed by atoms with Crippen LogP contribution in [0.25, 0.3) is 0 Å². The highest BCUT2D eigenvalue weighted by Crippen LogP contribution is 2.19. The van der Waals surface area contributed by atoms with Gasteiger partial charge in [-0.1, -0.05) is 0 Å². The standard InChI is InChI=1S/C12H15N3O3/c1-18-12-9(4-2-6-13-12)14-10(16)8-15-7-3-5-11(15)17/h2,4,6H,3,5,7-8H2,1H3,(H,14,16). The molecule has 0 unspecified atom stereocenters. The molecule has 0 aliphatic carbocycles. The molecule has 2 amide bonds. The van der Waals surface area contributed by atoms with Crippen LogP contribution in [0.1, 0.15) is 12.8 Å². The maximum atomic E-state index is 11.8. The summed E-state index contributed by atoms with van der Waals surface area (Å²) < 4.78 is 5.03. The lowest BCUT2D eigenvalue weighted by Crippen LogP contribution is -2.34. The second-order valence-corrected chi connectivity index (χ2v) is 4.03. The number of rotatable bonds is 4. The number of hydrogen-bond acceptors (Lipinski definition) is 4. The molecule has 1 aliphatic rings. The second-order valence-electron chi connectivity index (χ2n) is 4.03. The first kappa shape index (κ1) is 12.3. The minimum atomic E-state index is -0.239. The van der Waals surface area contributed by atoms with Gasteiger partial charge in [0.1, 0.15) is 5.69 Å². The van der Waals surface area contributed by atoms with Gasteiger partial charge >= 0.3 is 0 Å². The molecule has 2 rings (SSSR count). The van der Waals surface area contributed by atoms with Crippen molar-refractivity contribution in [3.8, 4) is 5.88 Å². The van der Waals surface area contributed by atoms with Crippen molar-refractivity contribution in [1.29, 1.82) is 0 Å². The molecule has 6 nitrogen and oxygen atoms in total. The van der Waals surface area contributed by atoms with Crippen molar-refractivity contribution in [2.24, 2.45) is 0 Å². The van der Waals surface area contributed by atoms with Gasteiger partial charge in [0.05, 0.1) is 13.7 Å². The van der Waals surface area contributed by atoms with Gasteiger partial charge in [-0.25, -0.2) is 4.98 Å². The molecular formula is C12H15N3O3. The average Bonchev–Trinajstić information content (AvgIpc) is 2.75. The van der Waals surface area contributed by atoms with E-state index in [2.05, 4.69) is 10.3 Å². The van der Waals surface area contributed by atoms with Crippen molar-refractivity contribution in [2.45, 2.75) is 12.8 Å². The third-order valence-corrected chi connectivity index (χ3v) is 2.74. The zero-order chi connectivity index (χ0) is 13.0. The summed E-state index contributed by atoms with van der Waals surface area (Å²) in [4.78, 5) is 28.7. The van der Waals surface area contributed by atoms with E-state index >= 15 is 0 Å². The molecule has 1 saturated heterocycles. The molecule has 1 aromatic heterocycles. The Morgan fingerprint density at radius 1 is 1.61 bits per heavy atom. The van der Waals surface area contributed by atoms with E-state index in [4.69, 9.17) is 4.74 Å². The van der Waals surface area contributed by atoms with Crippen molar-refractivity contribution in [3.05, 3.63) is 18.3 Å². The van der Waals surface area contributed by atoms with Gasteiger partial charge in [0.2, 0.25) is 17.7 Å². The Kier molecular flexibility index (Phi) is 3.76. The fourth-order valence-corrected chi connectivity index (χ4v) is 1.88. The molecule has 0 spiro atoms. The second kappa shape index (κ2) is 5.48. The lowest BCUT2D eigenvalue weighted by Gasteiger charge is -2.15. The number of ether oxygens (including phenoxy) is 1. The summed E-state index contributed by atoms with van der Waals surface area (Å²) in [5.74, 6) is 0.151. The first-order chi connectivity index (χ1) is 8.70. The predicted molar refractivity (Wildman–Crippen MR) is 65.2 cm³/mol. The summed E-state index contributed by atoms with van der Waals surface area (Å²) >= 11 is 0. The van der Waals surface area contributed by atoms with Crippen LogP contribution in [0.2, 0.25) is 0 Å². The molecule has 0 atom stereocenters. The molecule has 0 radical (unpaired) electrons. The number of anilines is 1. The zero-order valence-electron chi connectivity index (χ0n) is 10.2. The van der Waals surface area contributed by atoms with Crippen LogP contribution in [0, 0.1) is 0 Å². The number of methoxy groups -OCH3 is 1. The van der Waals surface area contributed by atoms with E-state index in [9.17, 15) is 9.59 Å². The fraction of sp³-hybridized carbons (Fsp3) is 0.417. The normalized spacial score (nSPS) is 14.7. The molecule has 2 heterocycles. The Bertz CT molecular complexity index is 462. The lowest BCUT2D eigenvalue weighted by molar-refractivity contribution is -0.131. The maximum Gasteiger partial charge on any atom is 0.244 e. The highest BCUT2D eigenvalue weighted by molar-refractivity contribution is 5.95. The number of aromatic nitrogens is 1. The van der Waals surface area contributed by atoms with Crippen molar-refractivity contribution < 1.29 is 14.3 Å². The van der Waals surface area contributed by atoms with E-state index in [1.807, 2.05) is 0 Å². The number of carbonyl (C=O) groups is 2. The smallest absolute Gasteiger partial charge is 0.244 e. The number of nitrogens with one attached hydrogen (secondary N) is 1. The van der Waals surface area contributed by atoms with Crippen LogP contribution in [0.4, 0.5) is 5.69 Å². The topological polar surface area (TPSA) is 71.5 Å². The fourth-order valence-electron chi connectivity index (χ4n) is 1.88. The van der Waals surface area contributed by atoms with Gasteiger partial charge in [0, 0.05) is 19.2 Å². The van der Waals surface area contributed by atoms with Crippen molar-refractivity contribution in [2.75, 3.05) is 25.5 Å². The first-order valence-corrected chi connectivity index (χ1v) is 5.77. The highest BCUT2D eigenvalue weighted by Gasteiger charge is 2.22. The summed E-state index contributed by atoms with van der Waals surface area (Å²) in [6.07, 6.45) is 2.93. The molecular weight excluding hydrogens is 234 g/mol. The van der Waals surface area contributed by atoms with Gasteiger partial charge in [0.15, 0.2) is 0 Å². The Morgan fingerprint density at radius 2 is 2.44 bits per heavy atom. The van der Waals surface area contributed by atoms with E-state index < -0.39 is 0 Å². The van der Waals surface area contributed by atoms with Crippen molar-refractivity contribution >= 4 is 17.5 Å². The Labute approximate surface area is 105 Å². The van der Waals surface area contributed by atoms with Gasteiger partial charge in [-0.15, -0.1) is 0 Å². The quantitative estimate of drug-likeness (QED) is 0.850. The molecule has 1 fully saturated rings. The van der Waals surface area contributed by atoms with Crippen LogP contribution in [-0.2, 0) is 9.59 Å². The van der Waals surface area contributed by atoms with Gasteiger partial charge < -0.3 is 15.0 Å². The van der Waals surface area contributed by atoms with Crippen LogP contribution >= 0.6 is 0 Å². The van der Waals surface area contributed by atoms with E-state index in [0.717, 1.165) is 6.42 Å². The molecule has 1 N–H and O–H groups in total. The van der Waals surface area contributed by atoms with Crippen LogP contribution in [-0.4, -0.2) is 41.9 Å². The van der Waals surface area contributed by atoms with Gasteiger partial charge in [-0.3, -0.25) is 9.59 Å². The average molecular weight is 249 g/mol. The monoisotopic (exact) mass is 249 g/mol. The minimum absolute atomic E-state index is 0.0308. The molecule has 6 heteroatoms. The van der Waals surface area contributed by atoms with Crippen LogP contribution in [0.5, 0.6) is 5.88 Å². The minimum Gasteiger partial charge on any atom is -0.480 e. The number of nitrogens with zero attached hydrogens (tertiary/aromatic N) is 2. The van der Waals surface area contributed by atoms with E-state index in [0.29, 0.717) is 24.5 Å². The third-order valence-electron chi connectivity index (χ3n) is 2.74. The number of likely N-dealkylation sites (tertiary alicyclic amines) is 1. The summed E-state index contributed by atoms with van der Waals surface area (Å²) in [6, 6.07) is 3.41. The number of carbonyl (C=O) groups excluding carboxylic acids is 2. The summed E-state index contributed by atoms with van der Waals surface area (Å²) in [7, 11) is 1.49. The summed E-state index contributed by atoms with van der Waals surface area (Å²) in [5, 5.41) is 2.69. The predicted octanol–water partition coefficient (Wildman–Crippen LogP) is 0.651. The molecule has 96 valence electrons. The first-order valence-electron chi connectivity index (χ1n) is 5.77. The lowest BCUT2D eigenvalue weighted by atomic mass is 10.4. The van der Waals surface area contributed by atoms with Crippen LogP contribution in [0.15, 0.2) is 18.3 Å². The van der Waals surface area contributed by atoms with E-state index in [1.165, 1.54) is 7.11 Å². The largest absolute Gasteiger partial charge is 0.480 e. The Morgan fingerprint density at radius 3 is 3.11 bits per heavy atom. The molecule has 0 saturated carbocycles. The summed E-state index contributed by atoms with van der Waals surface area (Å²) in [5.41, 5.74) is 0.511. The zero-order valence-corrected chi connectivity index (χ0v) is 10.2. The van der Waals surface area contributed by atoms with Gasteiger partial charge in [-0.2, -0.15) is 0 Å². The highest BCUT2D eigenvalue weighted by atomic mass is 16.5. The van der Waals surface area contributed by atoms with Crippen LogP contribution in [0.3, 0.4) is 0 Å².